The molecule has 0 saturated carbocycles. The maximum absolute atomic E-state index is 5.09. The van der Waals surface area contributed by atoms with Gasteiger partial charge < -0.3 is 4.74 Å². The highest BCUT2D eigenvalue weighted by molar-refractivity contribution is 9.09. The van der Waals surface area contributed by atoms with Gasteiger partial charge in [-0.15, -0.1) is 0 Å². The average molecular weight is 222 g/mol. The van der Waals surface area contributed by atoms with Gasteiger partial charge in [0.2, 0.25) is 0 Å². The minimum Gasteiger partial charge on any atom is -0.383 e. The van der Waals surface area contributed by atoms with E-state index in [-0.39, 0.29) is 0 Å². The predicted molar refractivity (Wildman–Crippen MR) is 50.2 cm³/mol. The van der Waals surface area contributed by atoms with Crippen molar-refractivity contribution in [2.24, 2.45) is 0 Å². The van der Waals surface area contributed by atoms with Crippen LogP contribution in [0.5, 0.6) is 0 Å². The molecule has 0 amide bonds. The molecule has 0 aromatic heterocycles. The standard InChI is InChI=1S/C8H16BrNO/c1-7(6-11-2)10-4-3-8(9)5-10/h7-8H,3-6H2,1-2H3. The van der Waals surface area contributed by atoms with Crippen LogP contribution >= 0.6 is 15.9 Å². The molecule has 2 nitrogen and oxygen atoms in total. The summed E-state index contributed by atoms with van der Waals surface area (Å²) in [6.07, 6.45) is 1.27. The highest BCUT2D eigenvalue weighted by atomic mass is 79.9. The van der Waals surface area contributed by atoms with Crippen LogP contribution < -0.4 is 0 Å². The zero-order chi connectivity index (χ0) is 8.27. The molecule has 0 bridgehead atoms. The summed E-state index contributed by atoms with van der Waals surface area (Å²) in [4.78, 5) is 3.16. The highest BCUT2D eigenvalue weighted by Gasteiger charge is 2.23. The molecular weight excluding hydrogens is 206 g/mol. The molecule has 0 radical (unpaired) electrons. The molecule has 1 heterocycles. The molecule has 3 heteroatoms. The molecule has 0 N–H and O–H groups in total. The average Bonchev–Trinajstić information content (AvgIpc) is 2.36. The van der Waals surface area contributed by atoms with Gasteiger partial charge in [-0.2, -0.15) is 0 Å². The molecule has 1 saturated heterocycles. The molecular formula is C8H16BrNO. The lowest BCUT2D eigenvalue weighted by Gasteiger charge is -2.22. The third-order valence-corrected chi connectivity index (χ3v) is 2.94. The minimum atomic E-state index is 0.572. The molecule has 1 fully saturated rings. The van der Waals surface area contributed by atoms with Crippen LogP contribution in [0.3, 0.4) is 0 Å². The van der Waals surface area contributed by atoms with Gasteiger partial charge >= 0.3 is 0 Å². The lowest BCUT2D eigenvalue weighted by atomic mass is 10.3. The van der Waals surface area contributed by atoms with Gasteiger partial charge in [0, 0.05) is 24.5 Å². The Labute approximate surface area is 77.0 Å². The highest BCUT2D eigenvalue weighted by Crippen LogP contribution is 2.18. The number of rotatable bonds is 3. The predicted octanol–water partition coefficient (Wildman–Crippen LogP) is 1.49. The Morgan fingerprint density at radius 3 is 2.91 bits per heavy atom. The largest absolute Gasteiger partial charge is 0.383 e. The van der Waals surface area contributed by atoms with Crippen molar-refractivity contribution >= 4 is 15.9 Å². The summed E-state index contributed by atoms with van der Waals surface area (Å²) >= 11 is 3.62. The number of methoxy groups -OCH3 is 1. The van der Waals surface area contributed by atoms with E-state index in [0.717, 1.165) is 6.61 Å². The number of likely N-dealkylation sites (tertiary alicyclic amines) is 1. The molecule has 1 aliphatic heterocycles. The first-order valence-corrected chi connectivity index (χ1v) is 5.02. The Hall–Kier alpha value is 0.400. The van der Waals surface area contributed by atoms with Crippen LogP contribution in [-0.2, 0) is 4.74 Å². The molecule has 0 aliphatic carbocycles. The second kappa shape index (κ2) is 4.43. The normalized spacial score (nSPS) is 29.2. The lowest BCUT2D eigenvalue weighted by molar-refractivity contribution is 0.115. The van der Waals surface area contributed by atoms with Crippen LogP contribution in [0.4, 0.5) is 0 Å². The maximum atomic E-state index is 5.09. The molecule has 2 atom stereocenters. The molecule has 0 aromatic carbocycles. The van der Waals surface area contributed by atoms with Crippen molar-refractivity contribution in [3.05, 3.63) is 0 Å². The van der Waals surface area contributed by atoms with E-state index in [9.17, 15) is 0 Å². The second-order valence-corrected chi connectivity index (χ2v) is 4.48. The zero-order valence-electron chi connectivity index (χ0n) is 7.22. The number of halogens is 1. The summed E-state index contributed by atoms with van der Waals surface area (Å²) in [7, 11) is 1.76. The van der Waals surface area contributed by atoms with Gasteiger partial charge in [0.1, 0.15) is 0 Å². The minimum absolute atomic E-state index is 0.572. The Bertz CT molecular complexity index is 121. The van der Waals surface area contributed by atoms with E-state index in [2.05, 4.69) is 27.8 Å². The van der Waals surface area contributed by atoms with Crippen LogP contribution in [0, 0.1) is 0 Å². The van der Waals surface area contributed by atoms with E-state index >= 15 is 0 Å². The molecule has 2 unspecified atom stereocenters. The Morgan fingerprint density at radius 2 is 2.45 bits per heavy atom. The van der Waals surface area contributed by atoms with Gasteiger partial charge in [-0.25, -0.2) is 0 Å². The molecule has 0 aromatic rings. The molecule has 11 heavy (non-hydrogen) atoms. The SMILES string of the molecule is COCC(C)N1CCC(Br)C1. The summed E-state index contributed by atoms with van der Waals surface area (Å²) in [6, 6.07) is 0.572. The topological polar surface area (TPSA) is 12.5 Å². The van der Waals surface area contributed by atoms with E-state index in [1.54, 1.807) is 7.11 Å². The van der Waals surface area contributed by atoms with Crippen molar-refractivity contribution in [3.8, 4) is 0 Å². The molecule has 0 spiro atoms. The quantitative estimate of drug-likeness (QED) is 0.671. The summed E-state index contributed by atoms with van der Waals surface area (Å²) in [5.74, 6) is 0. The van der Waals surface area contributed by atoms with Crippen molar-refractivity contribution in [1.82, 2.24) is 4.90 Å². The van der Waals surface area contributed by atoms with E-state index in [1.807, 2.05) is 0 Å². The first kappa shape index (κ1) is 9.49. The van der Waals surface area contributed by atoms with Crippen molar-refractivity contribution < 1.29 is 4.74 Å². The van der Waals surface area contributed by atoms with Crippen LogP contribution in [0.25, 0.3) is 0 Å². The van der Waals surface area contributed by atoms with Gasteiger partial charge in [-0.05, 0) is 19.9 Å². The maximum Gasteiger partial charge on any atom is 0.0615 e. The fourth-order valence-corrected chi connectivity index (χ4v) is 2.07. The van der Waals surface area contributed by atoms with E-state index in [4.69, 9.17) is 4.74 Å². The van der Waals surface area contributed by atoms with Crippen LogP contribution in [0.1, 0.15) is 13.3 Å². The van der Waals surface area contributed by atoms with E-state index < -0.39 is 0 Å². The number of hydrogen-bond donors (Lipinski definition) is 0. The second-order valence-electron chi connectivity index (χ2n) is 3.19. The van der Waals surface area contributed by atoms with Gasteiger partial charge in [0.15, 0.2) is 0 Å². The number of alkyl halides is 1. The van der Waals surface area contributed by atoms with Crippen molar-refractivity contribution in [1.29, 1.82) is 0 Å². The fraction of sp³-hybridized carbons (Fsp3) is 1.00. The van der Waals surface area contributed by atoms with Crippen LogP contribution in [0.15, 0.2) is 0 Å². The van der Waals surface area contributed by atoms with Crippen molar-refractivity contribution in [3.63, 3.8) is 0 Å². The number of hydrogen-bond acceptors (Lipinski definition) is 2. The Morgan fingerprint density at radius 1 is 1.73 bits per heavy atom. The first-order chi connectivity index (χ1) is 5.24. The zero-order valence-corrected chi connectivity index (χ0v) is 8.80. The molecule has 66 valence electrons. The summed E-state index contributed by atoms with van der Waals surface area (Å²) in [5.41, 5.74) is 0. The van der Waals surface area contributed by atoms with Gasteiger partial charge in [0.25, 0.3) is 0 Å². The van der Waals surface area contributed by atoms with E-state index in [0.29, 0.717) is 10.9 Å². The summed E-state index contributed by atoms with van der Waals surface area (Å²) in [6.45, 7) is 5.44. The smallest absolute Gasteiger partial charge is 0.0615 e. The van der Waals surface area contributed by atoms with Gasteiger partial charge in [0.05, 0.1) is 6.61 Å². The summed E-state index contributed by atoms with van der Waals surface area (Å²) < 4.78 is 5.09. The lowest BCUT2D eigenvalue weighted by Crippen LogP contribution is -2.34. The van der Waals surface area contributed by atoms with Crippen molar-refractivity contribution in [2.75, 3.05) is 26.8 Å². The number of nitrogens with zero attached hydrogens (tertiary/aromatic N) is 1. The third-order valence-electron chi connectivity index (χ3n) is 2.19. The first-order valence-electron chi connectivity index (χ1n) is 4.11. The Balaban J connectivity index is 2.25. The summed E-state index contributed by atoms with van der Waals surface area (Å²) in [5, 5.41) is 0. The molecule has 1 rings (SSSR count). The third kappa shape index (κ3) is 2.73. The van der Waals surface area contributed by atoms with Gasteiger partial charge in [-0.1, -0.05) is 15.9 Å². The number of ether oxygens (including phenoxy) is 1. The van der Waals surface area contributed by atoms with Crippen LogP contribution in [0.2, 0.25) is 0 Å². The molecule has 1 aliphatic rings. The monoisotopic (exact) mass is 221 g/mol. The van der Waals surface area contributed by atoms with Gasteiger partial charge in [-0.3, -0.25) is 4.90 Å². The van der Waals surface area contributed by atoms with E-state index in [1.165, 1.54) is 19.5 Å². The Kier molecular flexibility index (Phi) is 3.82. The fourth-order valence-electron chi connectivity index (χ4n) is 1.49. The van der Waals surface area contributed by atoms with Crippen molar-refractivity contribution in [2.45, 2.75) is 24.2 Å². The van der Waals surface area contributed by atoms with Crippen LogP contribution in [-0.4, -0.2) is 42.6 Å².